The predicted molar refractivity (Wildman–Crippen MR) is 94.7 cm³/mol. The topological polar surface area (TPSA) is 67.6 Å². The first-order valence-electron chi connectivity index (χ1n) is 9.11. The summed E-state index contributed by atoms with van der Waals surface area (Å²) in [6.07, 6.45) is 3.82. The van der Waals surface area contributed by atoms with Crippen LogP contribution in [0.1, 0.15) is 42.9 Å². The summed E-state index contributed by atoms with van der Waals surface area (Å²) in [6.45, 7) is 5.42. The minimum Gasteiger partial charge on any atom is -0.364 e. The van der Waals surface area contributed by atoms with Crippen molar-refractivity contribution in [2.45, 2.75) is 50.9 Å². The Morgan fingerprint density at radius 1 is 1.29 bits per heavy atom. The molecule has 0 saturated carbocycles. The Morgan fingerprint density at radius 2 is 2.00 bits per heavy atom. The average Bonchev–Trinajstić information content (AvgIpc) is 3.28. The molecule has 2 fully saturated rings. The monoisotopic (exact) mass is 331 g/mol. The van der Waals surface area contributed by atoms with E-state index in [0.29, 0.717) is 13.1 Å². The molecule has 2 saturated heterocycles. The smallest absolute Gasteiger partial charge is 0.249 e. The molecule has 3 N–H and O–H groups in total. The highest BCUT2D eigenvalue weighted by molar-refractivity contribution is 5.81. The van der Waals surface area contributed by atoms with Gasteiger partial charge in [0.1, 0.15) is 6.10 Å². The summed E-state index contributed by atoms with van der Waals surface area (Å²) in [7, 11) is 0. The van der Waals surface area contributed by atoms with Crippen LogP contribution in [0.3, 0.4) is 0 Å². The zero-order valence-electron chi connectivity index (χ0n) is 14.5. The van der Waals surface area contributed by atoms with Crippen LogP contribution in [0.4, 0.5) is 0 Å². The second-order valence-corrected chi connectivity index (χ2v) is 6.97. The molecule has 0 bridgehead atoms. The molecule has 24 heavy (non-hydrogen) atoms. The minimum atomic E-state index is -0.337. The van der Waals surface area contributed by atoms with Crippen molar-refractivity contribution in [1.82, 2.24) is 10.2 Å². The number of nitrogens with zero attached hydrogens (tertiary/aromatic N) is 1. The van der Waals surface area contributed by atoms with Gasteiger partial charge in [-0.3, -0.25) is 9.69 Å². The fraction of sp³-hybridized carbons (Fsp3) is 0.632. The van der Waals surface area contributed by atoms with E-state index in [1.807, 2.05) is 0 Å². The Morgan fingerprint density at radius 3 is 2.62 bits per heavy atom. The number of ether oxygens (including phenoxy) is 1. The second kappa shape index (κ2) is 8.10. The fourth-order valence-corrected chi connectivity index (χ4v) is 3.68. The van der Waals surface area contributed by atoms with E-state index in [-0.39, 0.29) is 24.2 Å². The number of rotatable bonds is 6. The fourth-order valence-electron chi connectivity index (χ4n) is 3.68. The summed E-state index contributed by atoms with van der Waals surface area (Å²) in [6, 6.07) is 8.89. The van der Waals surface area contributed by atoms with Crippen LogP contribution in [-0.2, 0) is 9.53 Å². The molecule has 0 radical (unpaired) electrons. The summed E-state index contributed by atoms with van der Waals surface area (Å²) in [4.78, 5) is 14.9. The highest BCUT2D eigenvalue weighted by Crippen LogP contribution is 2.25. The summed E-state index contributed by atoms with van der Waals surface area (Å²) < 4.78 is 5.70. The third-order valence-electron chi connectivity index (χ3n) is 5.18. The molecule has 1 aromatic rings. The molecule has 2 aliphatic heterocycles. The summed E-state index contributed by atoms with van der Waals surface area (Å²) in [5, 5.41) is 3.11. The molecule has 5 heteroatoms. The zero-order valence-corrected chi connectivity index (χ0v) is 14.5. The number of nitrogens with two attached hydrogens (primary N) is 1. The standard InChI is InChI=1S/C19H29N3O2/c1-14-4-6-15(7-5-14)17(22-10-2-3-11-22)13-21-19(23)18-9-8-16(12-20)24-18/h4-7,16-18H,2-3,8-13,20H2,1H3,(H,21,23)/t16-,17?,18+/m1/s1. The van der Waals surface area contributed by atoms with Crippen molar-refractivity contribution in [3.05, 3.63) is 35.4 Å². The quantitative estimate of drug-likeness (QED) is 0.833. The Kier molecular flexibility index (Phi) is 5.87. The number of aryl methyl sites for hydroxylation is 1. The van der Waals surface area contributed by atoms with Crippen molar-refractivity contribution in [3.8, 4) is 0 Å². The first-order valence-corrected chi connectivity index (χ1v) is 9.11. The molecular weight excluding hydrogens is 302 g/mol. The van der Waals surface area contributed by atoms with Gasteiger partial charge in [0.15, 0.2) is 0 Å². The molecule has 2 heterocycles. The van der Waals surface area contributed by atoms with Gasteiger partial charge >= 0.3 is 0 Å². The molecule has 132 valence electrons. The maximum absolute atomic E-state index is 12.4. The van der Waals surface area contributed by atoms with Crippen LogP contribution in [0.15, 0.2) is 24.3 Å². The number of likely N-dealkylation sites (tertiary alicyclic amines) is 1. The minimum absolute atomic E-state index is 0.00209. The largest absolute Gasteiger partial charge is 0.364 e. The molecule has 1 unspecified atom stereocenters. The summed E-state index contributed by atoms with van der Waals surface area (Å²) in [5.74, 6) is 0.00209. The maximum atomic E-state index is 12.4. The van der Waals surface area contributed by atoms with Gasteiger partial charge in [0.2, 0.25) is 5.91 Å². The van der Waals surface area contributed by atoms with Crippen LogP contribution < -0.4 is 11.1 Å². The SMILES string of the molecule is Cc1ccc(C(CNC(=O)[C@@H]2CC[C@H](CN)O2)N2CCCC2)cc1. The molecular formula is C19H29N3O2. The number of nitrogens with one attached hydrogen (secondary N) is 1. The third-order valence-corrected chi connectivity index (χ3v) is 5.18. The van der Waals surface area contributed by atoms with Crippen LogP contribution in [0, 0.1) is 6.92 Å². The molecule has 0 spiro atoms. The maximum Gasteiger partial charge on any atom is 0.249 e. The number of amides is 1. The molecule has 0 aliphatic carbocycles. The van der Waals surface area contributed by atoms with Crippen molar-refractivity contribution in [3.63, 3.8) is 0 Å². The highest BCUT2D eigenvalue weighted by Gasteiger charge is 2.31. The molecule has 5 nitrogen and oxygen atoms in total. The summed E-state index contributed by atoms with van der Waals surface area (Å²) >= 11 is 0. The summed E-state index contributed by atoms with van der Waals surface area (Å²) in [5.41, 5.74) is 8.16. The van der Waals surface area contributed by atoms with E-state index >= 15 is 0 Å². The molecule has 2 aliphatic rings. The van der Waals surface area contributed by atoms with Gasteiger partial charge in [0, 0.05) is 13.1 Å². The Bertz CT molecular complexity index is 540. The molecule has 1 amide bonds. The molecule has 3 rings (SSSR count). The lowest BCUT2D eigenvalue weighted by Crippen LogP contribution is -2.41. The van der Waals surface area contributed by atoms with Crippen molar-refractivity contribution in [2.75, 3.05) is 26.2 Å². The van der Waals surface area contributed by atoms with E-state index in [4.69, 9.17) is 10.5 Å². The van der Waals surface area contributed by atoms with Crippen molar-refractivity contribution >= 4 is 5.91 Å². The number of benzene rings is 1. The van der Waals surface area contributed by atoms with Crippen molar-refractivity contribution < 1.29 is 9.53 Å². The van der Waals surface area contributed by atoms with E-state index in [0.717, 1.165) is 25.9 Å². The van der Waals surface area contributed by atoms with Crippen LogP contribution >= 0.6 is 0 Å². The van der Waals surface area contributed by atoms with E-state index in [2.05, 4.69) is 41.4 Å². The van der Waals surface area contributed by atoms with Gasteiger partial charge < -0.3 is 15.8 Å². The number of hydrogen-bond acceptors (Lipinski definition) is 4. The van der Waals surface area contributed by atoms with Crippen molar-refractivity contribution in [1.29, 1.82) is 0 Å². The van der Waals surface area contributed by atoms with Crippen LogP contribution in [0.25, 0.3) is 0 Å². The van der Waals surface area contributed by atoms with Gasteiger partial charge in [-0.1, -0.05) is 29.8 Å². The van der Waals surface area contributed by atoms with Gasteiger partial charge in [-0.25, -0.2) is 0 Å². The van der Waals surface area contributed by atoms with Gasteiger partial charge in [-0.2, -0.15) is 0 Å². The van der Waals surface area contributed by atoms with E-state index in [1.165, 1.54) is 24.0 Å². The second-order valence-electron chi connectivity index (χ2n) is 6.97. The van der Waals surface area contributed by atoms with Crippen LogP contribution in [0.5, 0.6) is 0 Å². The highest BCUT2D eigenvalue weighted by atomic mass is 16.5. The van der Waals surface area contributed by atoms with Gasteiger partial charge in [0.05, 0.1) is 12.1 Å². The van der Waals surface area contributed by atoms with Gasteiger partial charge in [-0.05, 0) is 51.3 Å². The van der Waals surface area contributed by atoms with E-state index < -0.39 is 0 Å². The molecule has 1 aromatic carbocycles. The average molecular weight is 331 g/mol. The van der Waals surface area contributed by atoms with Gasteiger partial charge in [0.25, 0.3) is 0 Å². The van der Waals surface area contributed by atoms with E-state index in [1.54, 1.807) is 0 Å². The van der Waals surface area contributed by atoms with E-state index in [9.17, 15) is 4.79 Å². The molecule has 3 atom stereocenters. The lowest BCUT2D eigenvalue weighted by Gasteiger charge is -2.28. The predicted octanol–water partition coefficient (Wildman–Crippen LogP) is 1.75. The number of carbonyl (C=O) groups is 1. The normalized spacial score (nSPS) is 25.8. The van der Waals surface area contributed by atoms with Gasteiger partial charge in [-0.15, -0.1) is 0 Å². The molecule has 0 aromatic heterocycles. The number of hydrogen-bond donors (Lipinski definition) is 2. The number of carbonyl (C=O) groups excluding carboxylic acids is 1. The van der Waals surface area contributed by atoms with Crippen LogP contribution in [0.2, 0.25) is 0 Å². The first-order chi connectivity index (χ1) is 11.7. The van der Waals surface area contributed by atoms with Crippen LogP contribution in [-0.4, -0.2) is 49.2 Å². The third kappa shape index (κ3) is 4.15. The van der Waals surface area contributed by atoms with Crippen molar-refractivity contribution in [2.24, 2.45) is 5.73 Å². The Balaban J connectivity index is 1.61. The Labute approximate surface area is 144 Å². The Hall–Kier alpha value is -1.43. The lowest BCUT2D eigenvalue weighted by atomic mass is 10.0. The zero-order chi connectivity index (χ0) is 16.9. The first kappa shape index (κ1) is 17.4. The lowest BCUT2D eigenvalue weighted by molar-refractivity contribution is -0.132.